The van der Waals surface area contributed by atoms with E-state index in [0.29, 0.717) is 11.2 Å². The van der Waals surface area contributed by atoms with Gasteiger partial charge in [0.05, 0.1) is 0 Å². The molecule has 3 rings (SSSR count). The summed E-state index contributed by atoms with van der Waals surface area (Å²) in [6.45, 7) is 9.31. The normalized spacial score (nSPS) is 22.7. The van der Waals surface area contributed by atoms with E-state index in [4.69, 9.17) is 4.98 Å². The van der Waals surface area contributed by atoms with Crippen LogP contribution in [0.1, 0.15) is 26.7 Å². The van der Waals surface area contributed by atoms with Crippen LogP contribution < -0.4 is 15.1 Å². The molecular weight excluding hydrogens is 284 g/mol. The average molecular weight is 308 g/mol. The van der Waals surface area contributed by atoms with Gasteiger partial charge in [0.25, 0.3) is 0 Å². The summed E-state index contributed by atoms with van der Waals surface area (Å²) >= 11 is 2.02. The van der Waals surface area contributed by atoms with Gasteiger partial charge in [0.15, 0.2) is 0 Å². The van der Waals surface area contributed by atoms with Crippen LogP contribution in [0.5, 0.6) is 0 Å². The first-order valence-corrected chi connectivity index (χ1v) is 8.92. The molecule has 6 nitrogen and oxygen atoms in total. The first-order chi connectivity index (χ1) is 10.3. The van der Waals surface area contributed by atoms with Gasteiger partial charge in [0.1, 0.15) is 0 Å². The third-order valence-electron chi connectivity index (χ3n) is 3.86. The molecule has 1 aromatic rings. The monoisotopic (exact) mass is 308 g/mol. The van der Waals surface area contributed by atoms with Gasteiger partial charge in [0.2, 0.25) is 17.8 Å². The summed E-state index contributed by atoms with van der Waals surface area (Å²) in [6.07, 6.45) is 2.46. The molecule has 1 N–H and O–H groups in total. The van der Waals surface area contributed by atoms with E-state index >= 15 is 0 Å². The average Bonchev–Trinajstić information content (AvgIpc) is 3.01. The van der Waals surface area contributed by atoms with E-state index in [-0.39, 0.29) is 0 Å². The van der Waals surface area contributed by atoms with Crippen molar-refractivity contribution in [3.63, 3.8) is 0 Å². The summed E-state index contributed by atoms with van der Waals surface area (Å²) < 4.78 is 0. The summed E-state index contributed by atoms with van der Waals surface area (Å²) in [4.78, 5) is 18.5. The zero-order chi connectivity index (χ0) is 14.7. The number of thioether (sulfide) groups is 1. The van der Waals surface area contributed by atoms with Gasteiger partial charge >= 0.3 is 0 Å². The van der Waals surface area contributed by atoms with Gasteiger partial charge in [0, 0.05) is 43.7 Å². The highest BCUT2D eigenvalue weighted by molar-refractivity contribution is 8.00. The number of hydrogen-bond donors (Lipinski definition) is 1. The summed E-state index contributed by atoms with van der Waals surface area (Å²) in [7, 11) is 0. The fraction of sp³-hybridized carbons (Fsp3) is 0.786. The molecule has 1 unspecified atom stereocenters. The zero-order valence-electron chi connectivity index (χ0n) is 12.9. The minimum Gasteiger partial charge on any atom is -0.354 e. The Bertz CT molecular complexity index is 477. The van der Waals surface area contributed by atoms with E-state index in [9.17, 15) is 0 Å². The Hall–Kier alpha value is -1.24. The largest absolute Gasteiger partial charge is 0.354 e. The van der Waals surface area contributed by atoms with Crippen molar-refractivity contribution in [2.45, 2.75) is 31.9 Å². The lowest BCUT2D eigenvalue weighted by atomic mass is 10.4. The maximum absolute atomic E-state index is 4.74. The van der Waals surface area contributed by atoms with Gasteiger partial charge < -0.3 is 15.1 Å². The Balaban J connectivity index is 1.86. The third-order valence-corrected chi connectivity index (χ3v) is 5.00. The van der Waals surface area contributed by atoms with Crippen molar-refractivity contribution in [3.8, 4) is 0 Å². The Kier molecular flexibility index (Phi) is 4.67. The number of nitrogens with zero attached hydrogens (tertiary/aromatic N) is 5. The summed E-state index contributed by atoms with van der Waals surface area (Å²) in [5.41, 5.74) is 0. The highest BCUT2D eigenvalue weighted by Crippen LogP contribution is 2.24. The van der Waals surface area contributed by atoms with Crippen molar-refractivity contribution in [2.75, 3.05) is 53.6 Å². The molecule has 0 saturated carbocycles. The van der Waals surface area contributed by atoms with Crippen LogP contribution in [-0.2, 0) is 0 Å². The molecule has 0 amide bonds. The molecule has 0 bridgehead atoms. The number of anilines is 3. The van der Waals surface area contributed by atoms with Gasteiger partial charge in [-0.3, -0.25) is 0 Å². The van der Waals surface area contributed by atoms with Gasteiger partial charge in [-0.25, -0.2) is 0 Å². The Labute approximate surface area is 130 Å². The smallest absolute Gasteiger partial charge is 0.232 e. The topological polar surface area (TPSA) is 57.2 Å². The molecule has 2 saturated heterocycles. The van der Waals surface area contributed by atoms with Crippen molar-refractivity contribution in [3.05, 3.63) is 0 Å². The van der Waals surface area contributed by atoms with Crippen LogP contribution in [0.15, 0.2) is 0 Å². The third kappa shape index (κ3) is 3.51. The van der Waals surface area contributed by atoms with Gasteiger partial charge in [-0.1, -0.05) is 6.92 Å². The maximum atomic E-state index is 4.74. The van der Waals surface area contributed by atoms with Gasteiger partial charge in [-0.2, -0.15) is 26.7 Å². The second-order valence-electron chi connectivity index (χ2n) is 5.61. The molecule has 1 aromatic heterocycles. The number of rotatable bonds is 4. The minimum absolute atomic E-state index is 0.633. The molecule has 2 aliphatic heterocycles. The molecule has 0 radical (unpaired) electrons. The lowest BCUT2D eigenvalue weighted by Gasteiger charge is -2.31. The Morgan fingerprint density at radius 2 is 1.81 bits per heavy atom. The standard InChI is InChI=1S/C14H24N6S/c1-3-15-12-16-13(19-6-4-5-7-19)18-14(17-12)20-8-9-21-11(2)10-20/h11H,3-10H2,1-2H3,(H,15,16,17,18). The lowest BCUT2D eigenvalue weighted by molar-refractivity contribution is 0.744. The highest BCUT2D eigenvalue weighted by Gasteiger charge is 2.23. The SMILES string of the molecule is CCNc1nc(N2CCCC2)nc(N2CCSC(C)C2)n1. The molecule has 2 fully saturated rings. The predicted octanol–water partition coefficient (Wildman–Crippen LogP) is 1.85. The minimum atomic E-state index is 0.633. The zero-order valence-corrected chi connectivity index (χ0v) is 13.7. The fourth-order valence-electron chi connectivity index (χ4n) is 2.79. The van der Waals surface area contributed by atoms with E-state index in [0.717, 1.165) is 50.4 Å². The quantitative estimate of drug-likeness (QED) is 0.911. The van der Waals surface area contributed by atoms with Crippen LogP contribution in [0.2, 0.25) is 0 Å². The first-order valence-electron chi connectivity index (χ1n) is 7.87. The van der Waals surface area contributed by atoms with Crippen LogP contribution >= 0.6 is 11.8 Å². The summed E-state index contributed by atoms with van der Waals surface area (Å²) in [6, 6.07) is 0. The van der Waals surface area contributed by atoms with Gasteiger partial charge in [-0.05, 0) is 19.8 Å². The van der Waals surface area contributed by atoms with E-state index in [1.54, 1.807) is 0 Å². The van der Waals surface area contributed by atoms with Crippen LogP contribution in [0.4, 0.5) is 17.8 Å². The number of aromatic nitrogens is 3. The molecule has 3 heterocycles. The molecule has 2 aliphatic rings. The highest BCUT2D eigenvalue weighted by atomic mass is 32.2. The summed E-state index contributed by atoms with van der Waals surface area (Å²) in [5, 5.41) is 3.87. The van der Waals surface area contributed by atoms with Crippen molar-refractivity contribution in [2.24, 2.45) is 0 Å². The second-order valence-corrected chi connectivity index (χ2v) is 7.16. The lowest BCUT2D eigenvalue weighted by Crippen LogP contribution is -2.38. The van der Waals surface area contributed by atoms with E-state index < -0.39 is 0 Å². The predicted molar refractivity (Wildman–Crippen MR) is 89.6 cm³/mol. The number of hydrogen-bond acceptors (Lipinski definition) is 7. The maximum Gasteiger partial charge on any atom is 0.232 e. The number of nitrogens with one attached hydrogen (secondary N) is 1. The van der Waals surface area contributed by atoms with Crippen molar-refractivity contribution in [1.82, 2.24) is 15.0 Å². The molecular formula is C14H24N6S. The molecule has 0 spiro atoms. The van der Waals surface area contributed by atoms with Crippen LogP contribution in [0.3, 0.4) is 0 Å². The Morgan fingerprint density at radius 3 is 2.48 bits per heavy atom. The van der Waals surface area contributed by atoms with Crippen molar-refractivity contribution >= 4 is 29.6 Å². The van der Waals surface area contributed by atoms with Gasteiger partial charge in [-0.15, -0.1) is 0 Å². The van der Waals surface area contributed by atoms with E-state index in [1.165, 1.54) is 12.8 Å². The molecule has 116 valence electrons. The first kappa shape index (κ1) is 14.7. The second kappa shape index (κ2) is 6.68. The molecule has 21 heavy (non-hydrogen) atoms. The Morgan fingerprint density at radius 1 is 1.10 bits per heavy atom. The van der Waals surface area contributed by atoms with E-state index in [1.807, 2.05) is 11.8 Å². The van der Waals surface area contributed by atoms with Crippen LogP contribution in [-0.4, -0.2) is 58.7 Å². The van der Waals surface area contributed by atoms with Crippen LogP contribution in [0.25, 0.3) is 0 Å². The van der Waals surface area contributed by atoms with Crippen LogP contribution in [0, 0.1) is 0 Å². The molecule has 0 aliphatic carbocycles. The fourth-order valence-corrected chi connectivity index (χ4v) is 3.80. The van der Waals surface area contributed by atoms with E-state index in [2.05, 4.69) is 38.9 Å². The van der Waals surface area contributed by atoms with Crippen molar-refractivity contribution in [1.29, 1.82) is 0 Å². The molecule has 7 heteroatoms. The molecule has 0 aromatic carbocycles. The molecule has 1 atom stereocenters. The summed E-state index contributed by atoms with van der Waals surface area (Å²) in [5.74, 6) is 3.51. The van der Waals surface area contributed by atoms with Crippen molar-refractivity contribution < 1.29 is 0 Å².